The van der Waals surface area contributed by atoms with Crippen LogP contribution in [0.3, 0.4) is 0 Å². The summed E-state index contributed by atoms with van der Waals surface area (Å²) in [6.45, 7) is 4.68. The predicted molar refractivity (Wildman–Crippen MR) is 503 cm³/mol. The Hall–Kier alpha value is -14.2. The SMILES string of the molecule is CC1(C)c2ccccc2-c2cc(-c3cc4c5nc6ccccc6nc5n5c6ccc7sc8ccccc8c7c6c(c3)c45)ccc21.c1ccc2nc3c(nc2c1)c1cc(-c2ccc4sc5ccccc5c4c2)cc2c4c5c(ccc4n3c12)sc1ccccc15.c1ccc2nc3c(nc2c1)c1cc2sc4ccccc4c2c2c4ccccc4n3c12. The summed E-state index contributed by atoms with van der Waals surface area (Å²) in [4.78, 5) is 31.0. The van der Waals surface area contributed by atoms with Crippen molar-refractivity contribution in [3.05, 3.63) is 321 Å². The minimum absolute atomic E-state index is 0.0168. The fraction of sp³-hybridized carbons (Fsp3) is 0.0286. The highest BCUT2D eigenvalue weighted by molar-refractivity contribution is 7.27. The van der Waals surface area contributed by atoms with Crippen LogP contribution in [0, 0.1) is 0 Å². The molecule has 0 radical (unpaired) electrons. The van der Waals surface area contributed by atoms with E-state index in [2.05, 4.69) is 288 Å². The van der Waals surface area contributed by atoms with Crippen molar-refractivity contribution in [3.8, 4) is 33.4 Å². The zero-order valence-corrected chi connectivity index (χ0v) is 66.4. The van der Waals surface area contributed by atoms with Crippen molar-refractivity contribution in [1.82, 2.24) is 43.1 Å². The Kier molecular flexibility index (Phi) is 12.6. The third kappa shape index (κ3) is 8.51. The molecule has 0 fully saturated rings. The topological polar surface area (TPSA) is 90.6 Å². The summed E-state index contributed by atoms with van der Waals surface area (Å²) in [6, 6.07) is 112. The Labute approximate surface area is 685 Å². The van der Waals surface area contributed by atoms with E-state index in [1.165, 1.54) is 196 Å². The first-order chi connectivity index (χ1) is 58.2. The third-order valence-electron chi connectivity index (χ3n) is 25.7. The average Bonchev–Trinajstić information content (AvgIpc) is 1.53. The highest BCUT2D eigenvalue weighted by atomic mass is 32.1. The van der Waals surface area contributed by atoms with E-state index in [0.29, 0.717) is 0 Å². The molecule has 0 N–H and O–H groups in total. The molecule has 0 saturated carbocycles. The largest absolute Gasteiger partial charge is 0.291 e. The third-order valence-corrected chi connectivity index (χ3v) is 30.2. The fourth-order valence-corrected chi connectivity index (χ4v) is 25.1. The lowest BCUT2D eigenvalue weighted by molar-refractivity contribution is 0.660. The van der Waals surface area contributed by atoms with Crippen LogP contribution in [0.4, 0.5) is 0 Å². The van der Waals surface area contributed by atoms with E-state index in [0.717, 1.165) is 77.4 Å². The number of hydrogen-bond donors (Lipinski definition) is 0. The molecule has 30 rings (SSSR count). The highest BCUT2D eigenvalue weighted by Crippen LogP contribution is 2.54. The van der Waals surface area contributed by atoms with Gasteiger partial charge in [0, 0.05) is 135 Å². The van der Waals surface area contributed by atoms with Crippen molar-refractivity contribution in [1.29, 1.82) is 0 Å². The van der Waals surface area contributed by atoms with E-state index < -0.39 is 0 Å². The molecule has 0 spiro atoms. The van der Waals surface area contributed by atoms with Crippen LogP contribution in [0.1, 0.15) is 25.0 Å². The zero-order chi connectivity index (χ0) is 76.8. The Balaban J connectivity index is 0.0000000940. The molecule has 0 aliphatic heterocycles. The maximum Gasteiger partial charge on any atom is 0.165 e. The van der Waals surface area contributed by atoms with Crippen LogP contribution in [0.25, 0.3) is 262 Å². The molecule has 13 aromatic heterocycles. The molecule has 0 atom stereocenters. The fourth-order valence-electron chi connectivity index (χ4n) is 20.6. The molecule has 0 bridgehead atoms. The first kappa shape index (κ1) is 64.1. The zero-order valence-electron chi connectivity index (χ0n) is 63.1. The summed E-state index contributed by atoms with van der Waals surface area (Å²) in [5.74, 6) is 0. The predicted octanol–water partition coefficient (Wildman–Crippen LogP) is 29.5. The lowest BCUT2D eigenvalue weighted by Gasteiger charge is -2.21. The minimum atomic E-state index is -0.0168. The molecule has 1 aliphatic carbocycles. The Morgan fingerprint density at radius 3 is 1.13 bits per heavy atom. The van der Waals surface area contributed by atoms with Gasteiger partial charge in [0.15, 0.2) is 16.9 Å². The van der Waals surface area contributed by atoms with Crippen LogP contribution >= 0.6 is 45.3 Å². The van der Waals surface area contributed by atoms with Crippen molar-refractivity contribution in [2.75, 3.05) is 0 Å². The normalized spacial score (nSPS) is 13.2. The van der Waals surface area contributed by atoms with E-state index >= 15 is 0 Å². The number of hydrogen-bond acceptors (Lipinski definition) is 10. The van der Waals surface area contributed by atoms with Gasteiger partial charge in [0.2, 0.25) is 0 Å². The van der Waals surface area contributed by atoms with Gasteiger partial charge in [-0.25, -0.2) is 29.9 Å². The van der Waals surface area contributed by atoms with Crippen LogP contribution in [0.15, 0.2) is 309 Å². The van der Waals surface area contributed by atoms with Crippen molar-refractivity contribution >= 4 is 274 Å². The summed E-state index contributed by atoms with van der Waals surface area (Å²) >= 11 is 7.47. The van der Waals surface area contributed by atoms with Crippen molar-refractivity contribution in [3.63, 3.8) is 0 Å². The molecule has 9 nitrogen and oxygen atoms in total. The summed E-state index contributed by atoms with van der Waals surface area (Å²) in [5, 5.41) is 21.8. The molecule has 0 saturated heterocycles. The van der Waals surface area contributed by atoms with E-state index in [-0.39, 0.29) is 5.41 Å². The van der Waals surface area contributed by atoms with Gasteiger partial charge in [-0.1, -0.05) is 184 Å². The van der Waals surface area contributed by atoms with Gasteiger partial charge in [-0.05, 0) is 184 Å². The van der Waals surface area contributed by atoms with Gasteiger partial charge in [-0.15, -0.1) is 45.3 Å². The van der Waals surface area contributed by atoms with E-state index in [1.54, 1.807) is 0 Å². The smallest absolute Gasteiger partial charge is 0.165 e. The molecule has 29 aromatic rings. The Morgan fingerprint density at radius 2 is 0.585 bits per heavy atom. The average molecular weight is 1570 g/mol. The van der Waals surface area contributed by atoms with Crippen molar-refractivity contribution in [2.45, 2.75) is 19.3 Å². The molecular weight excluding hydrogens is 1520 g/mol. The molecular formula is C105H57N9S4. The molecule has 1 aliphatic rings. The molecule has 546 valence electrons. The summed E-state index contributed by atoms with van der Waals surface area (Å²) in [6.07, 6.45) is 0. The van der Waals surface area contributed by atoms with Crippen LogP contribution < -0.4 is 0 Å². The number of nitrogens with zero attached hydrogens (tertiary/aromatic N) is 9. The second kappa shape index (κ2) is 23.1. The van der Waals surface area contributed by atoms with Gasteiger partial charge in [-0.2, -0.15) is 0 Å². The summed E-state index contributed by atoms with van der Waals surface area (Å²) in [7, 11) is 0. The maximum atomic E-state index is 5.24. The lowest BCUT2D eigenvalue weighted by Crippen LogP contribution is -2.14. The molecule has 0 amide bonds. The summed E-state index contributed by atoms with van der Waals surface area (Å²) in [5.41, 5.74) is 28.8. The van der Waals surface area contributed by atoms with Gasteiger partial charge >= 0.3 is 0 Å². The van der Waals surface area contributed by atoms with Crippen LogP contribution in [0.2, 0.25) is 0 Å². The van der Waals surface area contributed by atoms with Gasteiger partial charge in [0.25, 0.3) is 0 Å². The first-order valence-electron chi connectivity index (χ1n) is 40.0. The molecule has 13 heteroatoms. The van der Waals surface area contributed by atoms with E-state index in [4.69, 9.17) is 29.9 Å². The number of thiophene rings is 4. The molecule has 0 unspecified atom stereocenters. The van der Waals surface area contributed by atoms with Gasteiger partial charge in [0.1, 0.15) is 16.6 Å². The van der Waals surface area contributed by atoms with Crippen molar-refractivity contribution < 1.29 is 0 Å². The Bertz CT molecular complexity index is 9540. The standard InChI is InChI=1S/C41H25N3S.C38H19N3S2.C26H13N3S/c1-41(2)29-11-5-3-9-24(29)26-19-22(15-16-30(26)41)23-20-27-36-33(17-18-35-37(36)25-10-4-8-14-34(25)45-35)44-39(27)28(21-23)38-40(44)43-32-13-7-6-12-31(32)42-38;1-5-11-30-22(7-1)24-17-20(13-15-32(24)42-30)21-18-25-34-29(14-16-33-35(34)23-8-2-6-12-31(23)43-33)41-37(25)26(19-21)36-38(41)40-28-10-4-3-9-27(28)39-36;1-5-11-19-14(7-1)23-22-15-8-2-6-12-20(15)30-21(22)13-16-24-26(29(19)25(16)23)28-18-10-4-3-9-17(18)27-24/h3-21H,1-2H3;1-19H;1-13H. The monoisotopic (exact) mass is 1570 g/mol. The number of benzene rings is 16. The summed E-state index contributed by atoms with van der Waals surface area (Å²) < 4.78 is 17.6. The van der Waals surface area contributed by atoms with Gasteiger partial charge < -0.3 is 0 Å². The number of rotatable bonds is 2. The Morgan fingerprint density at radius 1 is 0.220 bits per heavy atom. The van der Waals surface area contributed by atoms with Crippen molar-refractivity contribution in [2.24, 2.45) is 0 Å². The van der Waals surface area contributed by atoms with Crippen LogP contribution in [0.5, 0.6) is 0 Å². The quantitative estimate of drug-likeness (QED) is 0.171. The van der Waals surface area contributed by atoms with Gasteiger partial charge in [0.05, 0.1) is 66.2 Å². The van der Waals surface area contributed by atoms with Crippen LogP contribution in [-0.2, 0) is 5.41 Å². The first-order valence-corrected chi connectivity index (χ1v) is 43.2. The number of para-hydroxylation sites is 7. The van der Waals surface area contributed by atoms with E-state index in [9.17, 15) is 0 Å². The maximum absolute atomic E-state index is 5.24. The minimum Gasteiger partial charge on any atom is -0.291 e. The molecule has 118 heavy (non-hydrogen) atoms. The second-order valence-electron chi connectivity index (χ2n) is 32.2. The number of aromatic nitrogens is 9. The van der Waals surface area contributed by atoms with E-state index in [1.807, 2.05) is 93.9 Å². The molecule has 16 aromatic carbocycles. The lowest BCUT2D eigenvalue weighted by atomic mass is 9.82. The number of fused-ring (bicyclic) bond motifs is 39. The van der Waals surface area contributed by atoms with Gasteiger partial charge in [-0.3, -0.25) is 13.2 Å². The second-order valence-corrected chi connectivity index (χ2v) is 36.6. The molecule has 13 heterocycles. The van der Waals surface area contributed by atoms with Crippen LogP contribution in [-0.4, -0.2) is 43.1 Å². The highest BCUT2D eigenvalue weighted by Gasteiger charge is 2.36.